The molecular formula is C22H21NO4. The van der Waals surface area contributed by atoms with Gasteiger partial charge in [0, 0.05) is 11.3 Å². The minimum atomic E-state index is -0.169. The van der Waals surface area contributed by atoms with Gasteiger partial charge in [-0.05, 0) is 54.1 Å². The molecule has 0 unspecified atom stereocenters. The zero-order valence-corrected chi connectivity index (χ0v) is 15.3. The molecule has 138 valence electrons. The van der Waals surface area contributed by atoms with Gasteiger partial charge in [0.1, 0.15) is 12.4 Å². The van der Waals surface area contributed by atoms with Crippen LogP contribution < -0.4 is 19.5 Å². The number of ether oxygens (including phenoxy) is 3. The van der Waals surface area contributed by atoms with Crippen LogP contribution in [0.4, 0.5) is 5.69 Å². The van der Waals surface area contributed by atoms with Crippen molar-refractivity contribution in [1.29, 1.82) is 0 Å². The fraction of sp³-hybridized carbons (Fsp3) is 0.136. The Labute approximate surface area is 158 Å². The number of benzene rings is 3. The molecule has 3 aromatic rings. The van der Waals surface area contributed by atoms with Gasteiger partial charge in [-0.2, -0.15) is 0 Å². The number of anilines is 1. The lowest BCUT2D eigenvalue weighted by molar-refractivity contribution is 0.102. The number of para-hydroxylation sites is 2. The van der Waals surface area contributed by atoms with E-state index >= 15 is 0 Å². The number of hydrogen-bond donors (Lipinski definition) is 1. The Kier molecular flexibility index (Phi) is 5.94. The third-order valence-electron chi connectivity index (χ3n) is 4.03. The number of carbonyl (C=O) groups is 1. The molecule has 0 fully saturated rings. The third kappa shape index (κ3) is 4.79. The number of methoxy groups -OCH3 is 2. The van der Waals surface area contributed by atoms with Gasteiger partial charge in [-0.1, -0.05) is 24.3 Å². The highest BCUT2D eigenvalue weighted by atomic mass is 16.5. The van der Waals surface area contributed by atoms with E-state index in [0.717, 1.165) is 11.3 Å². The monoisotopic (exact) mass is 363 g/mol. The minimum absolute atomic E-state index is 0.169. The molecule has 0 aliphatic rings. The SMILES string of the molecule is COc1ccc(NC(=O)c2ccc(COc3ccccc3OC)cc2)cc1. The van der Waals surface area contributed by atoms with Crippen molar-refractivity contribution in [3.8, 4) is 17.2 Å². The second kappa shape index (κ2) is 8.76. The lowest BCUT2D eigenvalue weighted by Crippen LogP contribution is -2.11. The quantitative estimate of drug-likeness (QED) is 0.670. The van der Waals surface area contributed by atoms with E-state index in [9.17, 15) is 4.79 Å². The van der Waals surface area contributed by atoms with Gasteiger partial charge in [-0.25, -0.2) is 0 Å². The number of rotatable bonds is 7. The first-order valence-electron chi connectivity index (χ1n) is 8.50. The summed E-state index contributed by atoms with van der Waals surface area (Å²) in [7, 11) is 3.21. The second-order valence-electron chi connectivity index (χ2n) is 5.82. The van der Waals surface area contributed by atoms with Crippen LogP contribution in [0, 0.1) is 0 Å². The predicted molar refractivity (Wildman–Crippen MR) is 105 cm³/mol. The number of nitrogens with one attached hydrogen (secondary N) is 1. The van der Waals surface area contributed by atoms with Gasteiger partial charge in [0.2, 0.25) is 0 Å². The van der Waals surface area contributed by atoms with Crippen LogP contribution in [-0.4, -0.2) is 20.1 Å². The molecule has 0 atom stereocenters. The molecule has 0 bridgehead atoms. The lowest BCUT2D eigenvalue weighted by atomic mass is 10.1. The highest BCUT2D eigenvalue weighted by Gasteiger charge is 2.07. The van der Waals surface area contributed by atoms with Crippen molar-refractivity contribution in [1.82, 2.24) is 0 Å². The zero-order valence-electron chi connectivity index (χ0n) is 15.3. The fourth-order valence-corrected chi connectivity index (χ4v) is 2.53. The normalized spacial score (nSPS) is 10.1. The van der Waals surface area contributed by atoms with Gasteiger partial charge in [-0.3, -0.25) is 4.79 Å². The molecule has 1 N–H and O–H groups in total. The van der Waals surface area contributed by atoms with Gasteiger partial charge in [0.15, 0.2) is 11.5 Å². The molecule has 1 amide bonds. The van der Waals surface area contributed by atoms with Crippen molar-refractivity contribution in [2.45, 2.75) is 6.61 Å². The number of amides is 1. The summed E-state index contributed by atoms with van der Waals surface area (Å²) in [5.41, 5.74) is 2.25. The van der Waals surface area contributed by atoms with Gasteiger partial charge < -0.3 is 19.5 Å². The number of carbonyl (C=O) groups excluding carboxylic acids is 1. The van der Waals surface area contributed by atoms with Crippen LogP contribution in [0.25, 0.3) is 0 Å². The van der Waals surface area contributed by atoms with Crippen LogP contribution in [0.2, 0.25) is 0 Å². The molecule has 3 aromatic carbocycles. The van der Waals surface area contributed by atoms with Crippen LogP contribution in [0.3, 0.4) is 0 Å². The third-order valence-corrected chi connectivity index (χ3v) is 4.03. The molecule has 0 aromatic heterocycles. The van der Waals surface area contributed by atoms with E-state index in [-0.39, 0.29) is 5.91 Å². The average molecular weight is 363 g/mol. The molecule has 0 aliphatic heterocycles. The Morgan fingerprint density at radius 3 is 2.11 bits per heavy atom. The summed E-state index contributed by atoms with van der Waals surface area (Å²) in [6, 6.07) is 22.0. The van der Waals surface area contributed by atoms with Gasteiger partial charge in [-0.15, -0.1) is 0 Å². The van der Waals surface area contributed by atoms with E-state index in [4.69, 9.17) is 14.2 Å². The Morgan fingerprint density at radius 2 is 1.48 bits per heavy atom. The molecule has 0 heterocycles. The van der Waals surface area contributed by atoms with Gasteiger partial charge in [0.05, 0.1) is 14.2 Å². The van der Waals surface area contributed by atoms with Crippen molar-refractivity contribution >= 4 is 11.6 Å². The molecule has 27 heavy (non-hydrogen) atoms. The molecule has 5 heteroatoms. The van der Waals surface area contributed by atoms with Crippen LogP contribution >= 0.6 is 0 Å². The maximum absolute atomic E-state index is 12.4. The van der Waals surface area contributed by atoms with Crippen molar-refractivity contribution in [2.24, 2.45) is 0 Å². The molecular weight excluding hydrogens is 342 g/mol. The molecule has 5 nitrogen and oxygen atoms in total. The first-order valence-corrected chi connectivity index (χ1v) is 8.50. The summed E-state index contributed by atoms with van der Waals surface area (Å²) in [6.45, 7) is 0.390. The molecule has 0 radical (unpaired) electrons. The van der Waals surface area contributed by atoms with Crippen molar-refractivity contribution in [3.05, 3.63) is 83.9 Å². The summed E-state index contributed by atoms with van der Waals surface area (Å²) in [6.07, 6.45) is 0. The summed E-state index contributed by atoms with van der Waals surface area (Å²) in [5.74, 6) is 1.94. The standard InChI is InChI=1S/C22H21NO4/c1-25-19-13-11-18(12-14-19)23-22(24)17-9-7-16(8-10-17)15-27-21-6-4-3-5-20(21)26-2/h3-14H,15H2,1-2H3,(H,23,24). The second-order valence-corrected chi connectivity index (χ2v) is 5.82. The van der Waals surface area contributed by atoms with Crippen LogP contribution in [0.1, 0.15) is 15.9 Å². The first kappa shape index (κ1) is 18.3. The van der Waals surface area contributed by atoms with Gasteiger partial charge in [0.25, 0.3) is 5.91 Å². The highest BCUT2D eigenvalue weighted by Crippen LogP contribution is 2.26. The van der Waals surface area contributed by atoms with E-state index < -0.39 is 0 Å². The summed E-state index contributed by atoms with van der Waals surface area (Å²) >= 11 is 0. The topological polar surface area (TPSA) is 56.8 Å². The van der Waals surface area contributed by atoms with E-state index in [1.807, 2.05) is 36.4 Å². The van der Waals surface area contributed by atoms with Gasteiger partial charge >= 0.3 is 0 Å². The van der Waals surface area contributed by atoms with Crippen LogP contribution in [0.15, 0.2) is 72.8 Å². The zero-order chi connectivity index (χ0) is 19.1. The summed E-state index contributed by atoms with van der Waals surface area (Å²) in [4.78, 5) is 12.4. The van der Waals surface area contributed by atoms with Crippen molar-refractivity contribution in [2.75, 3.05) is 19.5 Å². The molecule has 0 saturated carbocycles. The molecule has 3 rings (SSSR count). The smallest absolute Gasteiger partial charge is 0.255 e. The Balaban J connectivity index is 1.59. The minimum Gasteiger partial charge on any atom is -0.497 e. The number of hydrogen-bond acceptors (Lipinski definition) is 4. The Hall–Kier alpha value is -3.47. The van der Waals surface area contributed by atoms with E-state index in [1.165, 1.54) is 0 Å². The summed E-state index contributed by atoms with van der Waals surface area (Å²) < 4.78 is 16.2. The molecule has 0 spiro atoms. The maximum atomic E-state index is 12.4. The van der Waals surface area contributed by atoms with E-state index in [0.29, 0.717) is 29.4 Å². The average Bonchev–Trinajstić information content (AvgIpc) is 2.73. The predicted octanol–water partition coefficient (Wildman–Crippen LogP) is 4.54. The largest absolute Gasteiger partial charge is 0.497 e. The van der Waals surface area contributed by atoms with Crippen molar-refractivity contribution in [3.63, 3.8) is 0 Å². The Bertz CT molecular complexity index is 889. The molecule has 0 saturated heterocycles. The maximum Gasteiger partial charge on any atom is 0.255 e. The highest BCUT2D eigenvalue weighted by molar-refractivity contribution is 6.04. The molecule has 0 aliphatic carbocycles. The summed E-state index contributed by atoms with van der Waals surface area (Å²) in [5, 5.41) is 2.86. The fourth-order valence-electron chi connectivity index (χ4n) is 2.53. The van der Waals surface area contributed by atoms with Crippen molar-refractivity contribution < 1.29 is 19.0 Å². The Morgan fingerprint density at radius 1 is 0.815 bits per heavy atom. The van der Waals surface area contributed by atoms with E-state index in [2.05, 4.69) is 5.32 Å². The lowest BCUT2D eigenvalue weighted by Gasteiger charge is -2.11. The first-order chi connectivity index (χ1) is 13.2. The van der Waals surface area contributed by atoms with E-state index in [1.54, 1.807) is 50.6 Å². The van der Waals surface area contributed by atoms with Crippen LogP contribution in [-0.2, 0) is 6.61 Å². The van der Waals surface area contributed by atoms with Crippen LogP contribution in [0.5, 0.6) is 17.2 Å².